The molecule has 6 nitrogen and oxygen atoms in total. The number of amides is 1. The van der Waals surface area contributed by atoms with E-state index in [4.69, 9.17) is 4.74 Å². The molecule has 3 rings (SSSR count). The SMILES string of the molecule is CN=C(NCCC1CCCC1)N1CCN(C(=O)C2CCCO2)CC1. The maximum Gasteiger partial charge on any atom is 0.251 e. The number of hydrogen-bond acceptors (Lipinski definition) is 3. The largest absolute Gasteiger partial charge is 0.368 e. The van der Waals surface area contributed by atoms with E-state index in [0.29, 0.717) is 0 Å². The molecule has 1 unspecified atom stereocenters. The number of nitrogens with one attached hydrogen (secondary N) is 1. The van der Waals surface area contributed by atoms with Crippen LogP contribution in [0.5, 0.6) is 0 Å². The Labute approximate surface area is 145 Å². The third-order valence-corrected chi connectivity index (χ3v) is 5.62. The van der Waals surface area contributed by atoms with Gasteiger partial charge in [0.2, 0.25) is 0 Å². The summed E-state index contributed by atoms with van der Waals surface area (Å²) < 4.78 is 5.52. The Morgan fingerprint density at radius 2 is 1.79 bits per heavy atom. The van der Waals surface area contributed by atoms with Crippen LogP contribution >= 0.6 is 0 Å². The molecule has 0 aromatic carbocycles. The molecule has 0 spiro atoms. The molecule has 1 saturated carbocycles. The van der Waals surface area contributed by atoms with Gasteiger partial charge in [0.25, 0.3) is 5.91 Å². The Hall–Kier alpha value is -1.30. The van der Waals surface area contributed by atoms with Gasteiger partial charge in [0.15, 0.2) is 5.96 Å². The molecule has 1 aliphatic carbocycles. The van der Waals surface area contributed by atoms with Crippen LogP contribution in [0.15, 0.2) is 4.99 Å². The maximum absolute atomic E-state index is 12.4. The van der Waals surface area contributed by atoms with Crippen molar-refractivity contribution in [2.24, 2.45) is 10.9 Å². The van der Waals surface area contributed by atoms with E-state index >= 15 is 0 Å². The molecule has 0 aromatic rings. The van der Waals surface area contributed by atoms with Gasteiger partial charge in [-0.05, 0) is 25.2 Å². The number of ether oxygens (including phenoxy) is 1. The quantitative estimate of drug-likeness (QED) is 0.624. The molecule has 6 heteroatoms. The molecule has 0 bridgehead atoms. The summed E-state index contributed by atoms with van der Waals surface area (Å²) in [6.07, 6.45) is 8.53. The zero-order chi connectivity index (χ0) is 16.8. The molecular weight excluding hydrogens is 304 g/mol. The molecule has 136 valence electrons. The summed E-state index contributed by atoms with van der Waals surface area (Å²) in [4.78, 5) is 21.1. The number of piperazine rings is 1. The Balaban J connectivity index is 1.39. The topological polar surface area (TPSA) is 57.2 Å². The van der Waals surface area contributed by atoms with Crippen molar-refractivity contribution in [3.05, 3.63) is 0 Å². The average molecular weight is 336 g/mol. The van der Waals surface area contributed by atoms with E-state index in [1.54, 1.807) is 0 Å². The molecule has 1 atom stereocenters. The van der Waals surface area contributed by atoms with Crippen LogP contribution in [-0.2, 0) is 9.53 Å². The highest BCUT2D eigenvalue weighted by Crippen LogP contribution is 2.26. The fourth-order valence-corrected chi connectivity index (χ4v) is 4.13. The van der Waals surface area contributed by atoms with Crippen molar-refractivity contribution in [2.75, 3.05) is 46.4 Å². The fourth-order valence-electron chi connectivity index (χ4n) is 4.13. The molecule has 3 aliphatic rings. The lowest BCUT2D eigenvalue weighted by Crippen LogP contribution is -2.55. The first kappa shape index (κ1) is 17.5. The van der Waals surface area contributed by atoms with Crippen molar-refractivity contribution in [3.8, 4) is 0 Å². The molecule has 24 heavy (non-hydrogen) atoms. The molecule has 2 heterocycles. The van der Waals surface area contributed by atoms with E-state index in [-0.39, 0.29) is 12.0 Å². The maximum atomic E-state index is 12.4. The summed E-state index contributed by atoms with van der Waals surface area (Å²) >= 11 is 0. The second kappa shape index (κ2) is 8.70. The molecule has 0 aromatic heterocycles. The smallest absolute Gasteiger partial charge is 0.251 e. The predicted molar refractivity (Wildman–Crippen MR) is 95.1 cm³/mol. The molecule has 2 saturated heterocycles. The lowest BCUT2D eigenvalue weighted by Gasteiger charge is -2.37. The minimum Gasteiger partial charge on any atom is -0.368 e. The predicted octanol–water partition coefficient (Wildman–Crippen LogP) is 1.47. The number of hydrogen-bond donors (Lipinski definition) is 1. The van der Waals surface area contributed by atoms with Crippen LogP contribution < -0.4 is 5.32 Å². The first-order valence-electron chi connectivity index (χ1n) is 9.64. The number of aliphatic imine (C=N–C) groups is 1. The minimum atomic E-state index is -0.194. The lowest BCUT2D eigenvalue weighted by atomic mass is 10.0. The average Bonchev–Trinajstić information content (AvgIpc) is 3.32. The number of guanidine groups is 1. The molecule has 0 radical (unpaired) electrons. The van der Waals surface area contributed by atoms with Crippen molar-refractivity contribution in [2.45, 2.75) is 51.0 Å². The Morgan fingerprint density at radius 1 is 1.08 bits per heavy atom. The van der Waals surface area contributed by atoms with Crippen LogP contribution in [0.4, 0.5) is 0 Å². The molecule has 1 amide bonds. The second-order valence-electron chi connectivity index (χ2n) is 7.23. The highest BCUT2D eigenvalue weighted by Gasteiger charge is 2.30. The van der Waals surface area contributed by atoms with Crippen molar-refractivity contribution in [1.82, 2.24) is 15.1 Å². The summed E-state index contributed by atoms with van der Waals surface area (Å²) in [5.41, 5.74) is 0. The molecule has 3 fully saturated rings. The van der Waals surface area contributed by atoms with Crippen LogP contribution in [0, 0.1) is 5.92 Å². The second-order valence-corrected chi connectivity index (χ2v) is 7.23. The third-order valence-electron chi connectivity index (χ3n) is 5.62. The van der Waals surface area contributed by atoms with Gasteiger partial charge in [-0.1, -0.05) is 25.7 Å². The van der Waals surface area contributed by atoms with Gasteiger partial charge >= 0.3 is 0 Å². The summed E-state index contributed by atoms with van der Waals surface area (Å²) in [7, 11) is 1.85. The molecule has 1 N–H and O–H groups in total. The van der Waals surface area contributed by atoms with Gasteiger partial charge in [0, 0.05) is 46.4 Å². The molecular formula is C18H32N4O2. The summed E-state index contributed by atoms with van der Waals surface area (Å²) in [6.45, 7) is 4.97. The minimum absolute atomic E-state index is 0.177. The summed E-state index contributed by atoms with van der Waals surface area (Å²) in [5.74, 6) is 2.06. The Bertz CT molecular complexity index is 434. The first-order chi connectivity index (χ1) is 11.8. The summed E-state index contributed by atoms with van der Waals surface area (Å²) in [6, 6.07) is 0. The fraction of sp³-hybridized carbons (Fsp3) is 0.889. The van der Waals surface area contributed by atoms with E-state index < -0.39 is 0 Å². The van der Waals surface area contributed by atoms with Crippen LogP contribution in [0.2, 0.25) is 0 Å². The number of nitrogens with zero attached hydrogens (tertiary/aromatic N) is 3. The van der Waals surface area contributed by atoms with Crippen molar-refractivity contribution in [1.29, 1.82) is 0 Å². The first-order valence-corrected chi connectivity index (χ1v) is 9.64. The zero-order valence-corrected chi connectivity index (χ0v) is 15.0. The van der Waals surface area contributed by atoms with Crippen molar-refractivity contribution < 1.29 is 9.53 Å². The van der Waals surface area contributed by atoms with Crippen LogP contribution in [0.3, 0.4) is 0 Å². The van der Waals surface area contributed by atoms with Gasteiger partial charge < -0.3 is 19.9 Å². The Morgan fingerprint density at radius 3 is 2.42 bits per heavy atom. The lowest BCUT2D eigenvalue weighted by molar-refractivity contribution is -0.142. The van der Waals surface area contributed by atoms with Gasteiger partial charge in [0.1, 0.15) is 6.10 Å². The number of carbonyl (C=O) groups excluding carboxylic acids is 1. The van der Waals surface area contributed by atoms with E-state index in [1.807, 2.05) is 11.9 Å². The van der Waals surface area contributed by atoms with Crippen LogP contribution in [0.1, 0.15) is 44.9 Å². The number of carbonyl (C=O) groups is 1. The van der Waals surface area contributed by atoms with Crippen molar-refractivity contribution in [3.63, 3.8) is 0 Å². The standard InChI is InChI=1S/C18H32N4O2/c1-19-18(20-9-8-15-5-2-3-6-15)22-12-10-21(11-13-22)17(23)16-7-4-14-24-16/h15-16H,2-14H2,1H3,(H,19,20). The Kier molecular flexibility index (Phi) is 6.35. The van der Waals surface area contributed by atoms with Crippen molar-refractivity contribution >= 4 is 11.9 Å². The van der Waals surface area contributed by atoms with Gasteiger partial charge in [-0.3, -0.25) is 9.79 Å². The normalized spacial score (nSPS) is 26.2. The van der Waals surface area contributed by atoms with Crippen LogP contribution in [0.25, 0.3) is 0 Å². The monoisotopic (exact) mass is 336 g/mol. The van der Waals surface area contributed by atoms with Gasteiger partial charge in [-0.2, -0.15) is 0 Å². The number of rotatable bonds is 4. The van der Waals surface area contributed by atoms with Gasteiger partial charge in [-0.25, -0.2) is 0 Å². The van der Waals surface area contributed by atoms with E-state index in [0.717, 1.165) is 64.0 Å². The van der Waals surface area contributed by atoms with Crippen LogP contribution in [-0.4, -0.2) is 74.1 Å². The van der Waals surface area contributed by atoms with Gasteiger partial charge in [0.05, 0.1) is 0 Å². The van der Waals surface area contributed by atoms with E-state index in [9.17, 15) is 4.79 Å². The van der Waals surface area contributed by atoms with E-state index in [2.05, 4.69) is 15.2 Å². The van der Waals surface area contributed by atoms with E-state index in [1.165, 1.54) is 32.1 Å². The zero-order valence-electron chi connectivity index (χ0n) is 15.0. The highest BCUT2D eigenvalue weighted by molar-refractivity contribution is 5.82. The molecule has 2 aliphatic heterocycles. The highest BCUT2D eigenvalue weighted by atomic mass is 16.5. The third kappa shape index (κ3) is 4.41. The van der Waals surface area contributed by atoms with Gasteiger partial charge in [-0.15, -0.1) is 0 Å². The summed E-state index contributed by atoms with van der Waals surface area (Å²) in [5, 5.41) is 3.51.